The molecule has 1 aliphatic rings. The zero-order valence-corrected chi connectivity index (χ0v) is 30.3. The summed E-state index contributed by atoms with van der Waals surface area (Å²) in [6.45, 7) is 2.02. The van der Waals surface area contributed by atoms with Gasteiger partial charge in [0, 0.05) is 0 Å². The van der Waals surface area contributed by atoms with Gasteiger partial charge in [-0.1, -0.05) is 0 Å². The first kappa shape index (κ1) is 31.3. The first-order chi connectivity index (χ1) is 20.4. The second-order valence-corrected chi connectivity index (χ2v) is 29.3. The van der Waals surface area contributed by atoms with E-state index in [0.717, 1.165) is 55.6 Å². The molecule has 1 saturated heterocycles. The molecule has 8 heteroatoms. The summed E-state index contributed by atoms with van der Waals surface area (Å²) in [4.78, 5) is 4.55. The standard InChI is InChI=1S/C24H20O3Si2.2C5H12N.Sn/c25-28(21-13-5-1-6-14-21,22-15-7-2-8-16-22)27-29(26,23-17-9-3-10-18-23)24-19-11-4-12-20-24;2*1-4-5-6(2)3;/h1-20H;2*1,4-5H2,2-3H3;/q-2;;;+2. The Morgan fingerprint density at radius 1 is 0.476 bits per heavy atom. The van der Waals surface area contributed by atoms with Crippen LogP contribution in [-0.4, -0.2) is 87.4 Å². The van der Waals surface area contributed by atoms with Gasteiger partial charge in [0.05, 0.1) is 0 Å². The van der Waals surface area contributed by atoms with Gasteiger partial charge in [-0.3, -0.25) is 0 Å². The van der Waals surface area contributed by atoms with E-state index in [-0.39, 0.29) is 0 Å². The predicted octanol–water partition coefficient (Wildman–Crippen LogP) is 3.91. The van der Waals surface area contributed by atoms with Gasteiger partial charge < -0.3 is 0 Å². The van der Waals surface area contributed by atoms with Crippen molar-refractivity contribution in [1.29, 1.82) is 0 Å². The minimum absolute atomic E-state index is 0.993. The van der Waals surface area contributed by atoms with Gasteiger partial charge in [0.25, 0.3) is 0 Å². The molecule has 5 rings (SSSR count). The zero-order valence-electron chi connectivity index (χ0n) is 25.4. The molecule has 1 aliphatic heterocycles. The van der Waals surface area contributed by atoms with Crippen LogP contribution in [0.1, 0.15) is 12.8 Å². The molecule has 0 radical (unpaired) electrons. The Balaban J connectivity index is 1.79. The molecule has 0 bridgehead atoms. The number of rotatable bonds is 12. The van der Waals surface area contributed by atoms with E-state index >= 15 is 0 Å². The summed E-state index contributed by atoms with van der Waals surface area (Å²) >= 11 is -3.92. The molecule has 0 amide bonds. The molecule has 0 spiro atoms. The zero-order chi connectivity index (χ0) is 29.5. The van der Waals surface area contributed by atoms with Crippen LogP contribution in [0.2, 0.25) is 8.87 Å². The van der Waals surface area contributed by atoms with Gasteiger partial charge in [0.1, 0.15) is 0 Å². The molecule has 4 aromatic rings. The number of hydrogen-bond acceptors (Lipinski definition) is 5. The van der Waals surface area contributed by atoms with Gasteiger partial charge in [0.15, 0.2) is 0 Å². The van der Waals surface area contributed by atoms with Crippen molar-refractivity contribution >= 4 is 57.1 Å². The summed E-state index contributed by atoms with van der Waals surface area (Å²) in [5.41, 5.74) is 0. The van der Waals surface area contributed by atoms with E-state index in [1.807, 2.05) is 0 Å². The maximum absolute atomic E-state index is 7.80. The fourth-order valence-electron chi connectivity index (χ4n) is 5.88. The van der Waals surface area contributed by atoms with Crippen molar-refractivity contribution < 1.29 is 9.64 Å². The average Bonchev–Trinajstić information content (AvgIpc) is 3.02. The van der Waals surface area contributed by atoms with E-state index in [9.17, 15) is 0 Å². The van der Waals surface area contributed by atoms with Crippen LogP contribution in [0.3, 0.4) is 0 Å². The van der Waals surface area contributed by atoms with Crippen molar-refractivity contribution in [1.82, 2.24) is 9.80 Å². The molecule has 0 N–H and O–H groups in total. The first-order valence-electron chi connectivity index (χ1n) is 15.0. The van der Waals surface area contributed by atoms with Gasteiger partial charge in [-0.2, -0.15) is 0 Å². The van der Waals surface area contributed by atoms with Crippen molar-refractivity contribution in [2.75, 3.05) is 41.3 Å². The summed E-state index contributed by atoms with van der Waals surface area (Å²) in [6.07, 6.45) is 2.10. The van der Waals surface area contributed by atoms with Gasteiger partial charge in [-0.25, -0.2) is 0 Å². The van der Waals surface area contributed by atoms with E-state index < -0.39 is 36.3 Å². The van der Waals surface area contributed by atoms with Crippen molar-refractivity contribution in [2.24, 2.45) is 0 Å². The first-order valence-corrected chi connectivity index (χ1v) is 25.0. The van der Waals surface area contributed by atoms with E-state index in [0.29, 0.717) is 0 Å². The van der Waals surface area contributed by atoms with E-state index in [4.69, 9.17) is 9.64 Å². The van der Waals surface area contributed by atoms with Crippen molar-refractivity contribution in [3.8, 4) is 0 Å². The van der Waals surface area contributed by atoms with Crippen LogP contribution in [0.15, 0.2) is 121 Å². The van der Waals surface area contributed by atoms with Gasteiger partial charge in [0.2, 0.25) is 0 Å². The van der Waals surface area contributed by atoms with E-state index in [1.54, 1.807) is 0 Å². The minimum atomic E-state index is -3.92. The molecule has 0 atom stereocenters. The fourth-order valence-corrected chi connectivity index (χ4v) is 39.4. The number of benzene rings is 4. The molecule has 5 nitrogen and oxygen atoms in total. The maximum atomic E-state index is 7.80. The third kappa shape index (κ3) is 7.00. The summed E-state index contributed by atoms with van der Waals surface area (Å²) in [5, 5.41) is 4.63. The normalized spacial score (nSPS) is 17.4. The quantitative estimate of drug-likeness (QED) is 0.209. The van der Waals surface area contributed by atoms with Gasteiger partial charge in [-0.05, 0) is 0 Å². The van der Waals surface area contributed by atoms with Gasteiger partial charge >= 0.3 is 261 Å². The monoisotopic (exact) mass is 704 g/mol. The Kier molecular flexibility index (Phi) is 10.5. The molecule has 4 aromatic carbocycles. The molecule has 0 saturated carbocycles. The van der Waals surface area contributed by atoms with Crippen molar-refractivity contribution in [3.05, 3.63) is 121 Å². The third-order valence-corrected chi connectivity index (χ3v) is 33.5. The number of hydrogen-bond donors (Lipinski definition) is 0. The summed E-state index contributed by atoms with van der Waals surface area (Å²) in [5.74, 6) is 0. The van der Waals surface area contributed by atoms with E-state index in [1.165, 1.54) is 0 Å². The molecule has 0 aliphatic carbocycles. The van der Waals surface area contributed by atoms with Crippen LogP contribution in [0.25, 0.3) is 0 Å². The van der Waals surface area contributed by atoms with Crippen LogP contribution in [0.4, 0.5) is 0 Å². The SMILES string of the molecule is CN(C)CC[CH2][Sn]1([CH2]CCN(C)C)[O][Si](c2ccccc2)(c2ccccc2)O[Si](c2ccccc2)(c2ccccc2)[O]1. The molecule has 42 heavy (non-hydrogen) atoms. The summed E-state index contributed by atoms with van der Waals surface area (Å²) in [7, 11) is 2.17. The summed E-state index contributed by atoms with van der Waals surface area (Å²) < 4.78 is 25.4. The van der Waals surface area contributed by atoms with E-state index in [2.05, 4.69) is 159 Å². The van der Waals surface area contributed by atoms with Crippen LogP contribution in [0, 0.1) is 0 Å². The fraction of sp³-hybridized carbons (Fsp3) is 0.294. The molecular weight excluding hydrogens is 659 g/mol. The Labute approximate surface area is 259 Å². The molecule has 220 valence electrons. The summed E-state index contributed by atoms with van der Waals surface area (Å²) in [6, 6.07) is 43.1. The topological polar surface area (TPSA) is 34.2 Å². The van der Waals surface area contributed by atoms with Crippen molar-refractivity contribution in [3.63, 3.8) is 0 Å². The molecule has 0 unspecified atom stereocenters. The third-order valence-electron chi connectivity index (χ3n) is 7.89. The Morgan fingerprint density at radius 2 is 0.762 bits per heavy atom. The van der Waals surface area contributed by atoms with Gasteiger partial charge in [-0.15, -0.1) is 0 Å². The second kappa shape index (κ2) is 14.1. The molecule has 0 aromatic heterocycles. The average molecular weight is 704 g/mol. The van der Waals surface area contributed by atoms with Crippen LogP contribution < -0.4 is 20.7 Å². The van der Waals surface area contributed by atoms with Crippen LogP contribution >= 0.6 is 0 Å². The Hall–Kier alpha value is -2.09. The Bertz CT molecular complexity index is 1190. The number of nitrogens with zero attached hydrogens (tertiary/aromatic N) is 2. The molecule has 1 heterocycles. The van der Waals surface area contributed by atoms with Crippen LogP contribution in [-0.2, 0) is 9.64 Å². The second-order valence-electron chi connectivity index (χ2n) is 11.7. The molecule has 1 fully saturated rings. The molecular formula is C34H44N2O3Si2Sn. The Morgan fingerprint density at radius 3 is 1.02 bits per heavy atom. The van der Waals surface area contributed by atoms with Crippen LogP contribution in [0.5, 0.6) is 0 Å². The van der Waals surface area contributed by atoms with Crippen molar-refractivity contribution in [2.45, 2.75) is 21.7 Å². The predicted molar refractivity (Wildman–Crippen MR) is 181 cm³/mol.